The summed E-state index contributed by atoms with van der Waals surface area (Å²) in [6.07, 6.45) is 71.8. The van der Waals surface area contributed by atoms with Crippen molar-refractivity contribution in [2.75, 3.05) is 40.9 Å². The summed E-state index contributed by atoms with van der Waals surface area (Å²) in [5.74, 6) is -0.520. The molecule has 0 aliphatic carbocycles. The number of phosphoric ester groups is 1. The van der Waals surface area contributed by atoms with Crippen molar-refractivity contribution in [1.82, 2.24) is 5.32 Å². The zero-order valence-electron chi connectivity index (χ0n) is 50.5. The van der Waals surface area contributed by atoms with Gasteiger partial charge < -0.3 is 19.4 Å². The van der Waals surface area contributed by atoms with Crippen LogP contribution in [-0.2, 0) is 27.9 Å². The van der Waals surface area contributed by atoms with Crippen molar-refractivity contribution in [3.05, 3.63) is 72.9 Å². The van der Waals surface area contributed by atoms with Gasteiger partial charge >= 0.3 is 13.8 Å². The summed E-state index contributed by atoms with van der Waals surface area (Å²) >= 11 is 0. The van der Waals surface area contributed by atoms with Crippen LogP contribution in [0.2, 0.25) is 0 Å². The Morgan fingerprint density at radius 1 is 0.461 bits per heavy atom. The summed E-state index contributed by atoms with van der Waals surface area (Å²) in [4.78, 5) is 37.7. The average molecular weight is 1090 g/mol. The van der Waals surface area contributed by atoms with Crippen molar-refractivity contribution in [3.63, 3.8) is 0 Å². The van der Waals surface area contributed by atoms with Gasteiger partial charge in [0.05, 0.1) is 33.8 Å². The van der Waals surface area contributed by atoms with E-state index in [0.29, 0.717) is 17.4 Å². The number of ether oxygens (including phenoxy) is 1. The largest absolute Gasteiger partial charge is 0.472 e. The number of carbonyl (C=O) groups excluding carboxylic acids is 2. The number of rotatable bonds is 57. The van der Waals surface area contributed by atoms with Crippen molar-refractivity contribution >= 4 is 19.7 Å². The Hall–Kier alpha value is -2.55. The van der Waals surface area contributed by atoms with Crippen molar-refractivity contribution in [3.8, 4) is 0 Å². The Kier molecular flexibility index (Phi) is 53.9. The maximum atomic E-state index is 13.6. The smallest absolute Gasteiger partial charge is 0.456 e. The van der Waals surface area contributed by atoms with E-state index in [4.69, 9.17) is 13.8 Å². The number of carbonyl (C=O) groups is 2. The third kappa shape index (κ3) is 56.2. The lowest BCUT2D eigenvalue weighted by atomic mass is 10.0. The summed E-state index contributed by atoms with van der Waals surface area (Å²) in [5, 5.41) is 3.05. The summed E-state index contributed by atoms with van der Waals surface area (Å²) in [5.41, 5.74) is 0. The number of hydrogen-bond acceptors (Lipinski definition) is 6. The Labute approximate surface area is 470 Å². The van der Waals surface area contributed by atoms with E-state index in [1.165, 1.54) is 148 Å². The van der Waals surface area contributed by atoms with Gasteiger partial charge in [-0.15, -0.1) is 0 Å². The lowest BCUT2D eigenvalue weighted by Crippen LogP contribution is -2.47. The standard InChI is InChI=1S/C66H121N2O7P/c1-7-10-13-16-19-22-25-28-30-31-32-33-34-35-36-37-39-40-43-46-49-52-55-58-65(69)67-63(62-74-76(71,72)73-61-60-68(4,5)6)64(57-54-51-48-45-42-27-24-21-18-15-12-9-3)75-66(70)59-56-53-50-47-44-41-38-29-26-23-20-17-14-11-8-2/h19,22-23,26,28,30,32-33,35-36,54,57,63-64H,7-18,20-21,24-25,27,29,31,34,37-53,55-56,58-62H2,1-6H3,(H-,67,69,71,72)/p+1/b22-19-,26-23-,30-28-,33-32-,36-35-,57-54-. The van der Waals surface area contributed by atoms with E-state index in [1.807, 2.05) is 33.3 Å². The molecule has 0 aromatic rings. The Morgan fingerprint density at radius 3 is 1.25 bits per heavy atom. The molecular weight excluding hydrogens is 964 g/mol. The topological polar surface area (TPSA) is 111 Å². The number of nitrogens with one attached hydrogen (secondary N) is 1. The Morgan fingerprint density at radius 2 is 0.803 bits per heavy atom. The molecule has 0 rings (SSSR count). The number of hydrogen-bond donors (Lipinski definition) is 2. The fraction of sp³-hybridized carbons (Fsp3) is 0.788. The second kappa shape index (κ2) is 55.8. The van der Waals surface area contributed by atoms with Crippen molar-refractivity contribution in [2.24, 2.45) is 0 Å². The molecule has 0 bridgehead atoms. The fourth-order valence-electron chi connectivity index (χ4n) is 8.92. The Balaban J connectivity index is 5.22. The fourth-order valence-corrected chi connectivity index (χ4v) is 9.65. The molecular formula is C66H122N2O7P+. The van der Waals surface area contributed by atoms with Crippen LogP contribution >= 0.6 is 7.82 Å². The maximum Gasteiger partial charge on any atom is 0.472 e. The minimum Gasteiger partial charge on any atom is -0.456 e. The number of esters is 1. The summed E-state index contributed by atoms with van der Waals surface area (Å²) in [6, 6.07) is -0.858. The highest BCUT2D eigenvalue weighted by Gasteiger charge is 2.30. The molecule has 9 nitrogen and oxygen atoms in total. The van der Waals surface area contributed by atoms with Crippen molar-refractivity contribution < 1.29 is 37.3 Å². The number of amides is 1. The highest BCUT2D eigenvalue weighted by atomic mass is 31.2. The van der Waals surface area contributed by atoms with Gasteiger partial charge in [0.15, 0.2) is 0 Å². The molecule has 1 amide bonds. The van der Waals surface area contributed by atoms with Crippen LogP contribution in [0.15, 0.2) is 72.9 Å². The zero-order chi connectivity index (χ0) is 55.7. The molecule has 0 aromatic heterocycles. The van der Waals surface area contributed by atoms with Crippen LogP contribution in [0.5, 0.6) is 0 Å². The number of phosphoric acid groups is 1. The van der Waals surface area contributed by atoms with E-state index in [-0.39, 0.29) is 31.5 Å². The number of quaternary nitrogens is 1. The molecule has 0 saturated heterocycles. The zero-order valence-corrected chi connectivity index (χ0v) is 51.4. The van der Waals surface area contributed by atoms with Gasteiger partial charge in [0.2, 0.25) is 5.91 Å². The maximum absolute atomic E-state index is 13.6. The highest BCUT2D eigenvalue weighted by Crippen LogP contribution is 2.43. The van der Waals surface area contributed by atoms with Crippen LogP contribution < -0.4 is 5.32 Å². The molecule has 3 unspecified atom stereocenters. The molecule has 0 spiro atoms. The molecule has 0 aliphatic heterocycles. The van der Waals surface area contributed by atoms with Gasteiger partial charge in [-0.1, -0.05) is 242 Å². The second-order valence-corrected chi connectivity index (χ2v) is 24.0. The highest BCUT2D eigenvalue weighted by molar-refractivity contribution is 7.47. The lowest BCUT2D eigenvalue weighted by Gasteiger charge is -2.27. The molecule has 0 fully saturated rings. The molecule has 442 valence electrons. The minimum absolute atomic E-state index is 0.0352. The molecule has 10 heteroatoms. The van der Waals surface area contributed by atoms with Gasteiger partial charge in [0.25, 0.3) is 0 Å². The van der Waals surface area contributed by atoms with Gasteiger partial charge in [-0.2, -0.15) is 0 Å². The number of unbranched alkanes of at least 4 members (excludes halogenated alkanes) is 31. The lowest BCUT2D eigenvalue weighted by molar-refractivity contribution is -0.870. The molecule has 2 N–H and O–H groups in total. The van der Waals surface area contributed by atoms with Crippen LogP contribution in [0.1, 0.15) is 284 Å². The van der Waals surface area contributed by atoms with Gasteiger partial charge in [0.1, 0.15) is 19.3 Å². The molecule has 3 atom stereocenters. The second-order valence-electron chi connectivity index (χ2n) is 22.6. The van der Waals surface area contributed by atoms with E-state index in [1.54, 1.807) is 0 Å². The average Bonchev–Trinajstić information content (AvgIpc) is 3.38. The SMILES string of the molecule is CCCCC/C=C\C/C=C\C/C=C\C/C=C\CCCCCCCCCC(=O)NC(COP(=O)(O)OCC[N+](C)(C)C)C(/C=C\CCCCCCCCCCCC)OC(=O)CCCCCCCCC/C=C\CCCCCC. The van der Waals surface area contributed by atoms with Gasteiger partial charge in [-0.25, -0.2) is 4.57 Å². The monoisotopic (exact) mass is 1090 g/mol. The first-order valence-corrected chi connectivity index (χ1v) is 33.3. The van der Waals surface area contributed by atoms with Crippen LogP contribution in [0.4, 0.5) is 0 Å². The first-order valence-electron chi connectivity index (χ1n) is 31.8. The molecule has 0 radical (unpaired) electrons. The van der Waals surface area contributed by atoms with Crippen molar-refractivity contribution in [1.29, 1.82) is 0 Å². The van der Waals surface area contributed by atoms with Crippen LogP contribution in [-0.4, -0.2) is 74.3 Å². The summed E-state index contributed by atoms with van der Waals surface area (Å²) in [7, 11) is 1.48. The van der Waals surface area contributed by atoms with Crippen molar-refractivity contribution in [2.45, 2.75) is 296 Å². The number of nitrogens with zero attached hydrogens (tertiary/aromatic N) is 1. The summed E-state index contributed by atoms with van der Waals surface area (Å²) < 4.78 is 30.7. The molecule has 0 heterocycles. The Bertz CT molecular complexity index is 1530. The van der Waals surface area contributed by atoms with E-state index in [0.717, 1.165) is 103 Å². The molecule has 0 aromatic carbocycles. The van der Waals surface area contributed by atoms with Gasteiger partial charge in [0, 0.05) is 12.8 Å². The first-order chi connectivity index (χ1) is 36.9. The molecule has 0 saturated carbocycles. The van der Waals surface area contributed by atoms with Crippen LogP contribution in [0.25, 0.3) is 0 Å². The predicted octanol–water partition coefficient (Wildman–Crippen LogP) is 19.6. The molecule has 0 aliphatic rings. The van der Waals surface area contributed by atoms with Crippen LogP contribution in [0, 0.1) is 0 Å². The number of allylic oxidation sites excluding steroid dienone is 11. The van der Waals surface area contributed by atoms with E-state index < -0.39 is 20.0 Å². The predicted molar refractivity (Wildman–Crippen MR) is 328 cm³/mol. The van der Waals surface area contributed by atoms with E-state index in [9.17, 15) is 19.0 Å². The minimum atomic E-state index is -4.45. The van der Waals surface area contributed by atoms with E-state index >= 15 is 0 Å². The first kappa shape index (κ1) is 73.5. The normalized spacial score (nSPS) is 14.1. The third-order valence-corrected chi connectivity index (χ3v) is 14.9. The van der Waals surface area contributed by atoms with Gasteiger partial charge in [-0.3, -0.25) is 18.6 Å². The van der Waals surface area contributed by atoms with Crippen LogP contribution in [0.3, 0.4) is 0 Å². The van der Waals surface area contributed by atoms with E-state index in [2.05, 4.69) is 86.8 Å². The quantitative estimate of drug-likeness (QED) is 0.0205. The van der Waals surface area contributed by atoms with Gasteiger partial charge in [-0.05, 0) is 102 Å². The third-order valence-electron chi connectivity index (χ3n) is 13.9. The molecule has 76 heavy (non-hydrogen) atoms. The number of likely N-dealkylation sites (N-methyl/N-ethyl adjacent to an activating group) is 1. The summed E-state index contributed by atoms with van der Waals surface area (Å²) in [6.45, 7) is 6.97.